The number of hydrogen-bond donors (Lipinski definition) is 2. The van der Waals surface area contributed by atoms with Crippen molar-refractivity contribution < 1.29 is 14.9 Å². The SMILES string of the molecule is CCCCCCC(C)(C)c1cc(O)c2c(c1)OC(C)(C)CC2CCO. The molecule has 2 rings (SSSR count). The monoisotopic (exact) mass is 348 g/mol. The Kier molecular flexibility index (Phi) is 6.42. The van der Waals surface area contributed by atoms with E-state index in [4.69, 9.17) is 4.74 Å². The minimum absolute atomic E-state index is 0.0116. The van der Waals surface area contributed by atoms with Crippen LogP contribution in [0.1, 0.15) is 96.6 Å². The Balaban J connectivity index is 2.30. The number of aliphatic hydroxyl groups is 1. The van der Waals surface area contributed by atoms with E-state index >= 15 is 0 Å². The van der Waals surface area contributed by atoms with Crippen molar-refractivity contribution in [1.82, 2.24) is 0 Å². The van der Waals surface area contributed by atoms with Gasteiger partial charge in [0.1, 0.15) is 17.1 Å². The Morgan fingerprint density at radius 3 is 2.56 bits per heavy atom. The molecule has 0 aromatic heterocycles. The van der Waals surface area contributed by atoms with E-state index in [0.29, 0.717) is 12.2 Å². The summed E-state index contributed by atoms with van der Waals surface area (Å²) < 4.78 is 6.21. The molecule has 1 aromatic carbocycles. The summed E-state index contributed by atoms with van der Waals surface area (Å²) in [6.07, 6.45) is 7.58. The molecular formula is C22H36O3. The number of rotatable bonds is 8. The molecule has 1 heterocycles. The molecule has 0 saturated heterocycles. The second-order valence-electron chi connectivity index (χ2n) is 8.88. The number of benzene rings is 1. The van der Waals surface area contributed by atoms with Gasteiger partial charge in [0.15, 0.2) is 0 Å². The summed E-state index contributed by atoms with van der Waals surface area (Å²) in [4.78, 5) is 0. The molecule has 3 heteroatoms. The van der Waals surface area contributed by atoms with E-state index < -0.39 is 0 Å². The summed E-state index contributed by atoms with van der Waals surface area (Å²) in [6.45, 7) is 11.0. The standard InChI is InChI=1S/C22H36O3/c1-6-7-8-9-11-21(2,3)17-13-18(24)20-16(10-12-23)15-22(4,5)25-19(20)14-17/h13-14,16,23-24H,6-12,15H2,1-5H3. The minimum Gasteiger partial charge on any atom is -0.508 e. The van der Waals surface area contributed by atoms with E-state index in [2.05, 4.69) is 40.7 Å². The molecule has 2 N–H and O–H groups in total. The van der Waals surface area contributed by atoms with Gasteiger partial charge in [0.05, 0.1) is 0 Å². The van der Waals surface area contributed by atoms with Crippen LogP contribution in [0.15, 0.2) is 12.1 Å². The molecule has 0 bridgehead atoms. The number of fused-ring (bicyclic) bond motifs is 1. The Morgan fingerprint density at radius 2 is 1.92 bits per heavy atom. The average molecular weight is 349 g/mol. The Bertz CT molecular complexity index is 575. The number of phenolic OH excluding ortho intramolecular Hbond substituents is 1. The topological polar surface area (TPSA) is 49.7 Å². The number of aromatic hydroxyl groups is 1. The smallest absolute Gasteiger partial charge is 0.127 e. The summed E-state index contributed by atoms with van der Waals surface area (Å²) in [5, 5.41) is 20.1. The zero-order valence-corrected chi connectivity index (χ0v) is 16.7. The number of aliphatic hydroxyl groups excluding tert-OH is 1. The lowest BCUT2D eigenvalue weighted by molar-refractivity contribution is 0.0657. The molecule has 0 amide bonds. The van der Waals surface area contributed by atoms with Crippen LogP contribution in [0.25, 0.3) is 0 Å². The Morgan fingerprint density at radius 1 is 1.20 bits per heavy atom. The van der Waals surface area contributed by atoms with Gasteiger partial charge in [-0.1, -0.05) is 46.5 Å². The van der Waals surface area contributed by atoms with Crippen molar-refractivity contribution in [2.45, 2.75) is 96.5 Å². The van der Waals surface area contributed by atoms with Crippen molar-refractivity contribution in [3.05, 3.63) is 23.3 Å². The fraction of sp³-hybridized carbons (Fsp3) is 0.727. The summed E-state index contributed by atoms with van der Waals surface area (Å²) in [7, 11) is 0. The molecule has 1 aromatic rings. The van der Waals surface area contributed by atoms with Crippen molar-refractivity contribution in [3.63, 3.8) is 0 Å². The van der Waals surface area contributed by atoms with Crippen LogP contribution in [-0.4, -0.2) is 22.4 Å². The molecule has 0 radical (unpaired) electrons. The normalized spacial score (nSPS) is 19.4. The zero-order valence-electron chi connectivity index (χ0n) is 16.7. The number of phenols is 1. The third-order valence-electron chi connectivity index (χ3n) is 5.57. The molecule has 25 heavy (non-hydrogen) atoms. The fourth-order valence-corrected chi connectivity index (χ4v) is 4.07. The highest BCUT2D eigenvalue weighted by molar-refractivity contribution is 5.52. The van der Waals surface area contributed by atoms with Crippen LogP contribution >= 0.6 is 0 Å². The van der Waals surface area contributed by atoms with Gasteiger partial charge in [-0.25, -0.2) is 0 Å². The number of ether oxygens (including phenoxy) is 1. The van der Waals surface area contributed by atoms with Gasteiger partial charge in [-0.2, -0.15) is 0 Å². The molecule has 1 atom stereocenters. The van der Waals surface area contributed by atoms with Crippen LogP contribution < -0.4 is 4.74 Å². The van der Waals surface area contributed by atoms with E-state index in [1.165, 1.54) is 25.7 Å². The Labute approximate surface area is 153 Å². The first-order valence-corrected chi connectivity index (χ1v) is 9.87. The zero-order chi connectivity index (χ0) is 18.7. The largest absolute Gasteiger partial charge is 0.508 e. The van der Waals surface area contributed by atoms with E-state index in [1.807, 2.05) is 6.07 Å². The fourth-order valence-electron chi connectivity index (χ4n) is 4.07. The minimum atomic E-state index is -0.275. The van der Waals surface area contributed by atoms with E-state index in [1.54, 1.807) is 0 Å². The molecule has 0 saturated carbocycles. The van der Waals surface area contributed by atoms with Gasteiger partial charge in [-0.05, 0) is 62.1 Å². The van der Waals surface area contributed by atoms with Crippen molar-refractivity contribution in [3.8, 4) is 11.5 Å². The molecule has 3 nitrogen and oxygen atoms in total. The first-order valence-electron chi connectivity index (χ1n) is 9.87. The van der Waals surface area contributed by atoms with Crippen LogP contribution in [-0.2, 0) is 5.41 Å². The average Bonchev–Trinajstić information content (AvgIpc) is 2.50. The highest BCUT2D eigenvalue weighted by atomic mass is 16.5. The van der Waals surface area contributed by atoms with E-state index in [0.717, 1.165) is 29.7 Å². The lowest BCUT2D eigenvalue weighted by Gasteiger charge is -2.39. The molecule has 142 valence electrons. The molecule has 0 spiro atoms. The third kappa shape index (κ3) is 4.91. The van der Waals surface area contributed by atoms with Gasteiger partial charge in [0.25, 0.3) is 0 Å². The van der Waals surface area contributed by atoms with Crippen molar-refractivity contribution in [1.29, 1.82) is 0 Å². The maximum Gasteiger partial charge on any atom is 0.127 e. The Hall–Kier alpha value is -1.22. The van der Waals surface area contributed by atoms with Gasteiger partial charge in [0.2, 0.25) is 0 Å². The summed E-state index contributed by atoms with van der Waals surface area (Å²) in [5.41, 5.74) is 1.75. The van der Waals surface area contributed by atoms with Crippen LogP contribution in [0.3, 0.4) is 0 Å². The maximum absolute atomic E-state index is 10.7. The van der Waals surface area contributed by atoms with Gasteiger partial charge < -0.3 is 14.9 Å². The van der Waals surface area contributed by atoms with Crippen molar-refractivity contribution >= 4 is 0 Å². The molecule has 1 aliphatic heterocycles. The maximum atomic E-state index is 10.7. The molecule has 1 unspecified atom stereocenters. The lowest BCUT2D eigenvalue weighted by atomic mass is 9.76. The highest BCUT2D eigenvalue weighted by Crippen LogP contribution is 2.48. The van der Waals surface area contributed by atoms with Gasteiger partial charge in [-0.3, -0.25) is 0 Å². The van der Waals surface area contributed by atoms with E-state index in [-0.39, 0.29) is 23.5 Å². The van der Waals surface area contributed by atoms with Gasteiger partial charge in [0, 0.05) is 12.2 Å². The second-order valence-corrected chi connectivity index (χ2v) is 8.88. The van der Waals surface area contributed by atoms with Gasteiger partial charge in [-0.15, -0.1) is 0 Å². The van der Waals surface area contributed by atoms with Crippen molar-refractivity contribution in [2.24, 2.45) is 0 Å². The van der Waals surface area contributed by atoms with Crippen molar-refractivity contribution in [2.75, 3.05) is 6.61 Å². The quantitative estimate of drug-likeness (QED) is 0.595. The lowest BCUT2D eigenvalue weighted by Crippen LogP contribution is -2.35. The predicted molar refractivity (Wildman–Crippen MR) is 104 cm³/mol. The number of unbranched alkanes of at least 4 members (excludes halogenated alkanes) is 3. The first kappa shape index (κ1) is 20.1. The first-order chi connectivity index (χ1) is 11.7. The van der Waals surface area contributed by atoms with E-state index in [9.17, 15) is 10.2 Å². The number of hydrogen-bond acceptors (Lipinski definition) is 3. The highest BCUT2D eigenvalue weighted by Gasteiger charge is 2.36. The predicted octanol–water partition coefficient (Wildman–Crippen LogP) is 5.67. The second kappa shape index (κ2) is 7.99. The van der Waals surface area contributed by atoms with Crippen LogP contribution in [0.4, 0.5) is 0 Å². The molecule has 0 aliphatic carbocycles. The van der Waals surface area contributed by atoms with Crippen LogP contribution in [0, 0.1) is 0 Å². The van der Waals surface area contributed by atoms with Crippen LogP contribution in [0.5, 0.6) is 11.5 Å². The summed E-state index contributed by atoms with van der Waals surface area (Å²) in [5.74, 6) is 1.26. The van der Waals surface area contributed by atoms with Gasteiger partial charge >= 0.3 is 0 Å². The molecule has 0 fully saturated rings. The summed E-state index contributed by atoms with van der Waals surface area (Å²) in [6, 6.07) is 4.05. The molecular weight excluding hydrogens is 312 g/mol. The molecule has 1 aliphatic rings. The third-order valence-corrected chi connectivity index (χ3v) is 5.57. The summed E-state index contributed by atoms with van der Waals surface area (Å²) >= 11 is 0. The van der Waals surface area contributed by atoms with Crippen LogP contribution in [0.2, 0.25) is 0 Å².